The number of anilines is 2. The van der Waals surface area contributed by atoms with Crippen molar-refractivity contribution in [1.82, 2.24) is 48.7 Å². The predicted octanol–water partition coefficient (Wildman–Crippen LogP) is 8.51. The number of H-pyrrole nitrogens is 2. The summed E-state index contributed by atoms with van der Waals surface area (Å²) in [6, 6.07) is 28.1. The SMILES string of the molecule is Cc1c(F)ccc2cc([C@@H](C)Nc3ncnc4nc[nH]c34)c(-c3ccccc3)c(=O)n12.Cc1c(F)ccc2cc([C@H](C)Nc3ncnc4nc[nH]c34)c(-c3ccccc3)c(=O)n12. The van der Waals surface area contributed by atoms with Gasteiger partial charge in [-0.15, -0.1) is 0 Å². The molecule has 16 heteroatoms. The Kier molecular flexibility index (Phi) is 10.2. The number of nitrogens with zero attached hydrogens (tertiary/aromatic N) is 8. The number of halogens is 2. The smallest absolute Gasteiger partial charge is 0.263 e. The largest absolute Gasteiger partial charge is 0.362 e. The molecule has 0 aliphatic rings. The topological polar surface area (TPSA) is 176 Å². The fraction of sp³-hybridized carbons (Fsp3) is 0.130. The van der Waals surface area contributed by atoms with E-state index in [1.54, 1.807) is 38.6 Å². The van der Waals surface area contributed by atoms with E-state index in [0.29, 0.717) is 56.1 Å². The number of hydrogen-bond acceptors (Lipinski definition) is 10. The number of nitrogens with one attached hydrogen (secondary N) is 4. The molecule has 62 heavy (non-hydrogen) atoms. The molecule has 0 bridgehead atoms. The van der Waals surface area contributed by atoms with Crippen LogP contribution in [-0.2, 0) is 0 Å². The van der Waals surface area contributed by atoms with Crippen LogP contribution >= 0.6 is 0 Å². The number of benzene rings is 2. The molecule has 2 atom stereocenters. The third-order valence-electron chi connectivity index (χ3n) is 10.9. The second-order valence-electron chi connectivity index (χ2n) is 14.7. The Labute approximate surface area is 351 Å². The van der Waals surface area contributed by atoms with Crippen molar-refractivity contribution in [2.75, 3.05) is 10.6 Å². The van der Waals surface area contributed by atoms with E-state index in [9.17, 15) is 18.4 Å². The fourth-order valence-electron chi connectivity index (χ4n) is 7.79. The van der Waals surface area contributed by atoms with Gasteiger partial charge in [0.25, 0.3) is 11.1 Å². The molecule has 8 aromatic heterocycles. The molecule has 0 saturated carbocycles. The second-order valence-corrected chi connectivity index (χ2v) is 14.7. The van der Waals surface area contributed by atoms with Crippen molar-refractivity contribution in [1.29, 1.82) is 0 Å². The van der Waals surface area contributed by atoms with Crippen LogP contribution in [0.4, 0.5) is 20.4 Å². The quantitative estimate of drug-likeness (QED) is 0.116. The molecule has 0 aliphatic heterocycles. The first-order chi connectivity index (χ1) is 30.1. The molecule has 0 aliphatic carbocycles. The second kappa shape index (κ2) is 16.1. The Bertz CT molecular complexity index is 3180. The van der Waals surface area contributed by atoms with Crippen LogP contribution in [0.3, 0.4) is 0 Å². The number of rotatable bonds is 8. The number of imidazole rings is 2. The van der Waals surface area contributed by atoms with E-state index in [1.807, 2.05) is 86.6 Å². The van der Waals surface area contributed by atoms with Crippen molar-refractivity contribution in [2.24, 2.45) is 0 Å². The summed E-state index contributed by atoms with van der Waals surface area (Å²) in [5, 5.41) is 6.74. The van der Waals surface area contributed by atoms with Gasteiger partial charge in [0.15, 0.2) is 22.9 Å². The lowest BCUT2D eigenvalue weighted by atomic mass is 9.96. The van der Waals surface area contributed by atoms with Gasteiger partial charge in [-0.25, -0.2) is 38.7 Å². The van der Waals surface area contributed by atoms with Crippen LogP contribution < -0.4 is 21.8 Å². The normalized spacial score (nSPS) is 12.4. The first-order valence-electron chi connectivity index (χ1n) is 19.7. The van der Waals surface area contributed by atoms with E-state index in [4.69, 9.17) is 0 Å². The molecule has 4 N–H and O–H groups in total. The summed E-state index contributed by atoms with van der Waals surface area (Å²) in [5.74, 6) is 0.333. The summed E-state index contributed by atoms with van der Waals surface area (Å²) in [4.78, 5) is 58.5. The van der Waals surface area contributed by atoms with E-state index in [-0.39, 0.29) is 34.6 Å². The zero-order valence-electron chi connectivity index (χ0n) is 33.9. The number of aryl methyl sites for hydroxylation is 2. The van der Waals surface area contributed by atoms with Gasteiger partial charge in [0.05, 0.1) is 47.3 Å². The van der Waals surface area contributed by atoms with E-state index in [1.165, 1.54) is 33.6 Å². The highest BCUT2D eigenvalue weighted by atomic mass is 19.1. The lowest BCUT2D eigenvalue weighted by molar-refractivity contribution is 0.604. The summed E-state index contributed by atoms with van der Waals surface area (Å²) in [6.45, 7) is 7.13. The Morgan fingerprint density at radius 3 is 1.35 bits per heavy atom. The van der Waals surface area contributed by atoms with E-state index in [0.717, 1.165) is 22.3 Å². The zero-order chi connectivity index (χ0) is 43.1. The van der Waals surface area contributed by atoms with Gasteiger partial charge >= 0.3 is 0 Å². The van der Waals surface area contributed by atoms with Crippen LogP contribution in [0.25, 0.3) is 55.6 Å². The summed E-state index contributed by atoms with van der Waals surface area (Å²) in [5.41, 5.74) is 7.90. The van der Waals surface area contributed by atoms with Crippen molar-refractivity contribution < 1.29 is 8.78 Å². The summed E-state index contributed by atoms with van der Waals surface area (Å²) in [6.07, 6.45) is 6.00. The van der Waals surface area contributed by atoms with Crippen LogP contribution in [0.1, 0.15) is 48.4 Å². The highest BCUT2D eigenvalue weighted by molar-refractivity contribution is 5.83. The number of fused-ring (bicyclic) bond motifs is 4. The maximum Gasteiger partial charge on any atom is 0.263 e. The Balaban J connectivity index is 0.000000158. The minimum atomic E-state index is -0.421. The van der Waals surface area contributed by atoms with Gasteiger partial charge < -0.3 is 20.6 Å². The molecule has 8 heterocycles. The number of pyridine rings is 4. The van der Waals surface area contributed by atoms with Crippen molar-refractivity contribution in [3.8, 4) is 22.3 Å². The molecule has 0 spiro atoms. The average Bonchev–Trinajstić information content (AvgIpc) is 3.98. The molecule has 0 unspecified atom stereocenters. The van der Waals surface area contributed by atoms with Gasteiger partial charge in [-0.1, -0.05) is 60.7 Å². The van der Waals surface area contributed by atoms with Crippen molar-refractivity contribution >= 4 is 45.0 Å². The number of aromatic amines is 2. The molecule has 10 aromatic rings. The highest BCUT2D eigenvalue weighted by Gasteiger charge is 2.23. The van der Waals surface area contributed by atoms with E-state index >= 15 is 0 Å². The highest BCUT2D eigenvalue weighted by Crippen LogP contribution is 2.32. The lowest BCUT2D eigenvalue weighted by Crippen LogP contribution is -2.23. The third-order valence-corrected chi connectivity index (χ3v) is 10.9. The lowest BCUT2D eigenvalue weighted by Gasteiger charge is -2.20. The maximum absolute atomic E-state index is 14.2. The molecular weight excluding hydrogens is 791 g/mol. The third kappa shape index (κ3) is 7.06. The molecule has 14 nitrogen and oxygen atoms in total. The van der Waals surface area contributed by atoms with Gasteiger partial charge in [-0.05, 0) is 86.3 Å². The number of aromatic nitrogens is 10. The Morgan fingerprint density at radius 2 is 0.952 bits per heavy atom. The monoisotopic (exact) mass is 828 g/mol. The summed E-state index contributed by atoms with van der Waals surface area (Å²) in [7, 11) is 0. The molecule has 2 aromatic carbocycles. The maximum atomic E-state index is 14.2. The van der Waals surface area contributed by atoms with E-state index in [2.05, 4.69) is 50.5 Å². The summed E-state index contributed by atoms with van der Waals surface area (Å²) < 4.78 is 31.3. The summed E-state index contributed by atoms with van der Waals surface area (Å²) >= 11 is 0. The minimum Gasteiger partial charge on any atom is -0.362 e. The predicted molar refractivity (Wildman–Crippen MR) is 235 cm³/mol. The fourth-order valence-corrected chi connectivity index (χ4v) is 7.79. The van der Waals surface area contributed by atoms with Crippen LogP contribution in [0.5, 0.6) is 0 Å². The minimum absolute atomic E-state index is 0.265. The van der Waals surface area contributed by atoms with Crippen LogP contribution in [0.2, 0.25) is 0 Å². The van der Waals surface area contributed by atoms with Crippen molar-refractivity contribution in [2.45, 2.75) is 39.8 Å². The molecule has 0 fully saturated rings. The first kappa shape index (κ1) is 39.3. The van der Waals surface area contributed by atoms with Crippen molar-refractivity contribution in [3.05, 3.63) is 177 Å². The standard InChI is InChI=1S/2C23H19FN6O/c2*1-13(29-22-20-21(26-11-25-20)27-12-28-22)17-10-16-8-9-18(24)14(2)30(16)23(31)19(17)15-6-4-3-5-7-15/h2*3-13H,1-2H3,(H2,25,26,27,28,29)/t2*13-/m10/s1. The van der Waals surface area contributed by atoms with Crippen LogP contribution in [0, 0.1) is 25.5 Å². The van der Waals surface area contributed by atoms with Crippen molar-refractivity contribution in [3.63, 3.8) is 0 Å². The van der Waals surface area contributed by atoms with Gasteiger partial charge in [0, 0.05) is 11.0 Å². The van der Waals surface area contributed by atoms with Gasteiger partial charge in [-0.3, -0.25) is 18.4 Å². The zero-order valence-corrected chi connectivity index (χ0v) is 33.9. The molecule has 0 radical (unpaired) electrons. The molecular formula is C46H38F2N12O2. The van der Waals surface area contributed by atoms with Gasteiger partial charge in [0.2, 0.25) is 0 Å². The molecule has 308 valence electrons. The molecule has 10 rings (SSSR count). The van der Waals surface area contributed by atoms with Crippen LogP contribution in [-0.4, -0.2) is 48.7 Å². The Morgan fingerprint density at radius 1 is 0.548 bits per heavy atom. The van der Waals surface area contributed by atoms with Crippen LogP contribution in [0.15, 0.2) is 132 Å². The average molecular weight is 829 g/mol. The first-order valence-corrected chi connectivity index (χ1v) is 19.7. The van der Waals surface area contributed by atoms with Gasteiger partial charge in [0.1, 0.15) is 35.3 Å². The number of hydrogen-bond donors (Lipinski definition) is 4. The van der Waals surface area contributed by atoms with E-state index < -0.39 is 11.6 Å². The molecule has 0 saturated heterocycles. The Hall–Kier alpha value is -8.14. The van der Waals surface area contributed by atoms with Gasteiger partial charge in [-0.2, -0.15) is 0 Å². The molecule has 0 amide bonds.